The second-order valence-electron chi connectivity index (χ2n) is 9.94. The zero-order chi connectivity index (χ0) is 28.4. The molecular weight excluding hydrogens is 545 g/mol. The van der Waals surface area contributed by atoms with Crippen molar-refractivity contribution in [1.29, 1.82) is 0 Å². The summed E-state index contributed by atoms with van der Waals surface area (Å²) in [6, 6.07) is 11.0. The number of imidazole rings is 1. The maximum atomic E-state index is 13.6. The summed E-state index contributed by atoms with van der Waals surface area (Å²) in [5.74, 6) is -1.52. The Labute approximate surface area is 233 Å². The number of halogens is 2. The van der Waals surface area contributed by atoms with Crippen LogP contribution in [0.2, 0.25) is 5.02 Å². The summed E-state index contributed by atoms with van der Waals surface area (Å²) < 4.78 is 15.4. The van der Waals surface area contributed by atoms with Gasteiger partial charge in [-0.25, -0.2) is 14.0 Å². The Kier molecular flexibility index (Phi) is 7.88. The fourth-order valence-corrected chi connectivity index (χ4v) is 5.26. The van der Waals surface area contributed by atoms with Gasteiger partial charge in [-0.15, -0.1) is 4.91 Å². The van der Waals surface area contributed by atoms with Gasteiger partial charge in [-0.05, 0) is 72.7 Å². The largest absolute Gasteiger partial charge is 0.491 e. The molecule has 1 aromatic heterocycles. The first-order valence-electron chi connectivity index (χ1n) is 12.9. The Balaban J connectivity index is 1.19. The summed E-state index contributed by atoms with van der Waals surface area (Å²) in [5.41, 5.74) is 0.105. The molecule has 3 heterocycles. The number of carbonyl (C=O) groups excluding carboxylic acids is 2. The zero-order valence-electron chi connectivity index (χ0n) is 21.5. The number of aryl methyl sites for hydroxylation is 1. The van der Waals surface area contributed by atoms with Crippen molar-refractivity contribution in [2.75, 3.05) is 19.6 Å². The first-order valence-corrected chi connectivity index (χ1v) is 13.3. The molecule has 13 heteroatoms. The molecule has 0 radical (unpaired) electrons. The quantitative estimate of drug-likeness (QED) is 0.444. The normalized spacial score (nSPS) is 15.6. The molecule has 0 atom stereocenters. The highest BCUT2D eigenvalue weighted by Crippen LogP contribution is 2.26. The number of benzene rings is 2. The summed E-state index contributed by atoms with van der Waals surface area (Å²) >= 11 is 5.94. The fourth-order valence-electron chi connectivity index (χ4n) is 5.14. The van der Waals surface area contributed by atoms with Crippen molar-refractivity contribution in [2.24, 2.45) is 11.1 Å². The number of hydrogen-bond donors (Lipinski definition) is 1. The maximum Gasteiger partial charge on any atom is 0.434 e. The van der Waals surface area contributed by atoms with E-state index in [0.717, 1.165) is 37.8 Å². The summed E-state index contributed by atoms with van der Waals surface area (Å²) in [6.45, 7) is 0.908. The Morgan fingerprint density at radius 2 is 1.77 bits per heavy atom. The van der Waals surface area contributed by atoms with Gasteiger partial charge in [0.1, 0.15) is 11.4 Å². The molecule has 0 bridgehead atoms. The first-order chi connectivity index (χ1) is 19.2. The van der Waals surface area contributed by atoms with Gasteiger partial charge >= 0.3 is 11.8 Å². The number of piperidine rings is 1. The molecule has 3 aromatic rings. The molecular formula is C27H27ClFN5O6. The Bertz CT molecular complexity index is 1500. The van der Waals surface area contributed by atoms with E-state index >= 15 is 0 Å². The molecule has 40 heavy (non-hydrogen) atoms. The Morgan fingerprint density at radius 1 is 1.05 bits per heavy atom. The molecule has 0 aliphatic carbocycles. The topological polar surface area (TPSA) is 126 Å². The average molecular weight is 572 g/mol. The summed E-state index contributed by atoms with van der Waals surface area (Å²) in [5, 5.41) is 14.0. The van der Waals surface area contributed by atoms with Crippen LogP contribution in [0.25, 0.3) is 0 Å². The monoisotopic (exact) mass is 571 g/mol. The highest BCUT2D eigenvalue weighted by atomic mass is 35.5. The summed E-state index contributed by atoms with van der Waals surface area (Å²) in [7, 11) is 0. The van der Waals surface area contributed by atoms with Crippen molar-refractivity contribution in [3.05, 3.63) is 85.5 Å². The van der Waals surface area contributed by atoms with Crippen LogP contribution in [0.5, 0.6) is 5.88 Å². The highest BCUT2D eigenvalue weighted by Gasteiger charge is 2.32. The zero-order valence-corrected chi connectivity index (χ0v) is 22.2. The molecule has 2 aromatic carbocycles. The van der Waals surface area contributed by atoms with E-state index in [2.05, 4.69) is 5.18 Å². The van der Waals surface area contributed by atoms with Crippen LogP contribution in [-0.4, -0.2) is 55.8 Å². The van der Waals surface area contributed by atoms with Crippen molar-refractivity contribution in [3.8, 4) is 5.88 Å². The molecule has 2 aliphatic heterocycles. The van der Waals surface area contributed by atoms with Gasteiger partial charge in [0.2, 0.25) is 0 Å². The third kappa shape index (κ3) is 5.57. The van der Waals surface area contributed by atoms with Crippen molar-refractivity contribution in [3.63, 3.8) is 0 Å². The lowest BCUT2D eigenvalue weighted by molar-refractivity contribution is 0.0672. The molecule has 1 N–H and O–H groups in total. The van der Waals surface area contributed by atoms with Gasteiger partial charge in [0, 0.05) is 36.8 Å². The van der Waals surface area contributed by atoms with Crippen LogP contribution in [0.4, 0.5) is 14.9 Å². The van der Waals surface area contributed by atoms with Crippen molar-refractivity contribution in [2.45, 2.75) is 38.8 Å². The lowest BCUT2D eigenvalue weighted by Crippen LogP contribution is -2.45. The smallest absolute Gasteiger partial charge is 0.434 e. The highest BCUT2D eigenvalue weighted by molar-refractivity contribution is 6.30. The number of carbonyl (C=O) groups is 2. The summed E-state index contributed by atoms with van der Waals surface area (Å²) in [4.78, 5) is 57.6. The number of likely N-dealkylation sites (tertiary alicyclic amines) is 1. The van der Waals surface area contributed by atoms with Gasteiger partial charge in [-0.1, -0.05) is 28.5 Å². The van der Waals surface area contributed by atoms with Crippen molar-refractivity contribution >= 4 is 29.3 Å². The molecule has 2 amide bonds. The minimum absolute atomic E-state index is 0.0358. The second kappa shape index (κ2) is 11.5. The standard InChI is InChI=1S/C27H27ClFN5O6/c28-20-6-3-17(4-7-20)1-2-18-9-11-31(12-10-18)27(38)40-34-25(36)23-16-32(13-14-33(23)26(34)37)24(35)19-5-8-21(29)22(15-19)30-39/h3-8,15,18,36H,1-2,9-14,16H2. The predicted molar refractivity (Wildman–Crippen MR) is 143 cm³/mol. The molecule has 11 nitrogen and oxygen atoms in total. The lowest BCUT2D eigenvalue weighted by Gasteiger charge is -2.31. The van der Waals surface area contributed by atoms with Gasteiger partial charge in [0.25, 0.3) is 11.8 Å². The number of amides is 2. The molecule has 2 aliphatic rings. The molecule has 5 rings (SSSR count). The number of rotatable bonds is 6. The summed E-state index contributed by atoms with van der Waals surface area (Å²) in [6.07, 6.45) is 2.73. The Hall–Kier alpha value is -4.19. The van der Waals surface area contributed by atoms with E-state index in [0.29, 0.717) is 28.8 Å². The number of hydrogen-bond acceptors (Lipinski definition) is 7. The van der Waals surface area contributed by atoms with Gasteiger partial charge in [-0.2, -0.15) is 0 Å². The van der Waals surface area contributed by atoms with Gasteiger partial charge in [0.15, 0.2) is 5.82 Å². The van der Waals surface area contributed by atoms with Gasteiger partial charge in [-0.3, -0.25) is 9.36 Å². The van der Waals surface area contributed by atoms with E-state index in [1.54, 1.807) is 0 Å². The fraction of sp³-hybridized carbons (Fsp3) is 0.370. The first kappa shape index (κ1) is 27.4. The van der Waals surface area contributed by atoms with Crippen LogP contribution in [0, 0.1) is 16.6 Å². The third-order valence-corrected chi connectivity index (χ3v) is 7.74. The van der Waals surface area contributed by atoms with Gasteiger partial charge in [0.05, 0.1) is 6.54 Å². The lowest BCUT2D eigenvalue weighted by atomic mass is 9.91. The van der Waals surface area contributed by atoms with Crippen LogP contribution in [0.15, 0.2) is 52.4 Å². The van der Waals surface area contributed by atoms with Crippen molar-refractivity contribution in [1.82, 2.24) is 19.1 Å². The van der Waals surface area contributed by atoms with Crippen molar-refractivity contribution < 1.29 is 23.9 Å². The van der Waals surface area contributed by atoms with Crippen LogP contribution in [0.3, 0.4) is 0 Å². The van der Waals surface area contributed by atoms with E-state index < -0.39 is 35.1 Å². The maximum absolute atomic E-state index is 13.6. The van der Waals surface area contributed by atoms with E-state index in [-0.39, 0.29) is 30.9 Å². The Morgan fingerprint density at radius 3 is 2.48 bits per heavy atom. The third-order valence-electron chi connectivity index (χ3n) is 7.49. The molecule has 1 saturated heterocycles. The van der Waals surface area contributed by atoms with E-state index in [1.807, 2.05) is 24.3 Å². The second-order valence-corrected chi connectivity index (χ2v) is 10.4. The predicted octanol–water partition coefficient (Wildman–Crippen LogP) is 4.10. The number of fused-ring (bicyclic) bond motifs is 1. The van der Waals surface area contributed by atoms with Gasteiger partial charge < -0.3 is 19.7 Å². The molecule has 0 spiro atoms. The molecule has 0 saturated carbocycles. The number of nitroso groups, excluding NO2 is 1. The molecule has 1 fully saturated rings. The minimum atomic E-state index is -0.849. The van der Waals surface area contributed by atoms with Crippen LogP contribution in [-0.2, 0) is 19.5 Å². The molecule has 0 unspecified atom stereocenters. The number of aromatic hydroxyl groups is 1. The SMILES string of the molecule is O=Nc1cc(C(=O)N2CCn3c(c(O)n(OC(=O)N4CCC(CCc5ccc(Cl)cc5)CC4)c3=O)C2)ccc1F. The number of aromatic nitrogens is 2. The average Bonchev–Trinajstić information content (AvgIpc) is 3.21. The van der Waals surface area contributed by atoms with E-state index in [4.69, 9.17) is 16.4 Å². The van der Waals surface area contributed by atoms with Crippen LogP contribution >= 0.6 is 11.6 Å². The van der Waals surface area contributed by atoms with Crippen LogP contribution < -0.4 is 10.5 Å². The van der Waals surface area contributed by atoms with E-state index in [9.17, 15) is 28.8 Å². The van der Waals surface area contributed by atoms with E-state index in [1.165, 1.54) is 26.0 Å². The minimum Gasteiger partial charge on any atom is -0.491 e. The molecule has 210 valence electrons. The van der Waals surface area contributed by atoms with Crippen LogP contribution in [0.1, 0.15) is 40.9 Å². The number of nitrogens with zero attached hydrogens (tertiary/aromatic N) is 5.